The van der Waals surface area contributed by atoms with E-state index in [1.165, 1.54) is 16.7 Å². The summed E-state index contributed by atoms with van der Waals surface area (Å²) < 4.78 is 43.3. The number of hydrogen-bond donors (Lipinski definition) is 0. The summed E-state index contributed by atoms with van der Waals surface area (Å²) in [6.07, 6.45) is -3.13. The van der Waals surface area contributed by atoms with Crippen molar-refractivity contribution in [1.29, 1.82) is 5.26 Å². The summed E-state index contributed by atoms with van der Waals surface area (Å²) >= 11 is 0. The highest BCUT2D eigenvalue weighted by atomic mass is 19.4. The molecule has 0 spiro atoms. The van der Waals surface area contributed by atoms with Crippen LogP contribution in [0.25, 0.3) is 11.0 Å². The van der Waals surface area contributed by atoms with E-state index in [1.54, 1.807) is 37.4 Å². The predicted molar refractivity (Wildman–Crippen MR) is 135 cm³/mol. The van der Waals surface area contributed by atoms with Crippen molar-refractivity contribution in [3.8, 4) is 11.8 Å². The fourth-order valence-corrected chi connectivity index (χ4v) is 5.29. The van der Waals surface area contributed by atoms with E-state index in [0.717, 1.165) is 24.1 Å². The third kappa shape index (κ3) is 5.42. The fraction of sp³-hybridized carbons (Fsp3) is 0.444. The Morgan fingerprint density at radius 2 is 1.86 bits per heavy atom. The third-order valence-corrected chi connectivity index (χ3v) is 7.14. The molecule has 1 unspecified atom stereocenters. The molecule has 2 aromatic heterocycles. The lowest BCUT2D eigenvalue weighted by atomic mass is 9.96. The molecule has 0 amide bonds. The van der Waals surface area contributed by atoms with Crippen LogP contribution in [0.5, 0.6) is 5.75 Å². The van der Waals surface area contributed by atoms with Crippen molar-refractivity contribution in [2.75, 3.05) is 18.0 Å². The zero-order chi connectivity index (χ0) is 26.9. The summed E-state index contributed by atoms with van der Waals surface area (Å²) in [5, 5.41) is 9.40. The van der Waals surface area contributed by atoms with Crippen molar-refractivity contribution >= 4 is 16.7 Å². The summed E-state index contributed by atoms with van der Waals surface area (Å²) in [7, 11) is 1.69. The molecule has 0 bridgehead atoms. The van der Waals surface area contributed by atoms with Crippen LogP contribution in [0.3, 0.4) is 0 Å². The number of halogens is 3. The van der Waals surface area contributed by atoms with E-state index in [2.05, 4.69) is 46.4 Å². The van der Waals surface area contributed by atoms with Crippen LogP contribution in [-0.2, 0) is 7.05 Å². The first kappa shape index (κ1) is 26.5. The number of fused-ring (bicyclic) bond motifs is 1. The summed E-state index contributed by atoms with van der Waals surface area (Å²) in [5.74, 6) is -0.239. The molecule has 1 saturated heterocycles. The number of benzene rings is 1. The van der Waals surface area contributed by atoms with Crippen LogP contribution in [0, 0.1) is 11.3 Å². The number of nitrogens with zero attached hydrogens (tertiary/aromatic N) is 5. The maximum absolute atomic E-state index is 12.8. The number of piperazine rings is 1. The second-order valence-electron chi connectivity index (χ2n) is 9.40. The molecule has 3 atom stereocenters. The summed E-state index contributed by atoms with van der Waals surface area (Å²) in [4.78, 5) is 21.9. The lowest BCUT2D eigenvalue weighted by Crippen LogP contribution is -2.58. The topological polar surface area (TPSA) is 74.4 Å². The standard InChI is InChI=1S/C27H30F3N5O2/c1-5-20-16-34(22(6-2)18-7-10-21(11-8-18)37-27(28,29)30)17(3)15-35(20)24-13-25(36)33(4)23-12-9-19(14-31)32-26(23)24/h7-13,17,20,22H,5-6,15-16H2,1-4H3/t17-,20+,22?/m1/s1. The largest absolute Gasteiger partial charge is 0.573 e. The SMILES string of the molecule is CCC(c1ccc(OC(F)(F)F)cc1)N1C[C@H](CC)N(c2cc(=O)n(C)c3ccc(C#N)nc23)C[C@H]1C. The number of nitriles is 1. The third-order valence-electron chi connectivity index (χ3n) is 7.14. The van der Waals surface area contributed by atoms with E-state index in [-0.39, 0.29) is 35.1 Å². The minimum atomic E-state index is -4.73. The van der Waals surface area contributed by atoms with Gasteiger partial charge in [-0.2, -0.15) is 5.26 Å². The van der Waals surface area contributed by atoms with Gasteiger partial charge < -0.3 is 14.2 Å². The molecule has 1 fully saturated rings. The van der Waals surface area contributed by atoms with Crippen molar-refractivity contribution in [3.05, 3.63) is 64.1 Å². The maximum Gasteiger partial charge on any atom is 0.573 e. The van der Waals surface area contributed by atoms with Crippen LogP contribution in [0.15, 0.2) is 47.3 Å². The molecule has 1 aliphatic rings. The summed E-state index contributed by atoms with van der Waals surface area (Å²) in [6, 6.07) is 13.3. The van der Waals surface area contributed by atoms with Gasteiger partial charge in [0.15, 0.2) is 0 Å². The summed E-state index contributed by atoms with van der Waals surface area (Å²) in [5.41, 5.74) is 3.07. The Hall–Kier alpha value is -3.58. The summed E-state index contributed by atoms with van der Waals surface area (Å²) in [6.45, 7) is 7.59. The first-order valence-corrected chi connectivity index (χ1v) is 12.3. The molecule has 0 aliphatic carbocycles. The van der Waals surface area contributed by atoms with Crippen molar-refractivity contribution in [3.63, 3.8) is 0 Å². The Labute approximate surface area is 213 Å². The highest BCUT2D eigenvalue weighted by Gasteiger charge is 2.36. The Balaban J connectivity index is 1.66. The fourth-order valence-electron chi connectivity index (χ4n) is 5.29. The Morgan fingerprint density at radius 3 is 2.46 bits per heavy atom. The normalized spacial score (nSPS) is 19.6. The van der Waals surface area contributed by atoms with Gasteiger partial charge in [0, 0.05) is 44.3 Å². The molecule has 1 aliphatic heterocycles. The highest BCUT2D eigenvalue weighted by Crippen LogP contribution is 2.35. The first-order valence-electron chi connectivity index (χ1n) is 12.3. The highest BCUT2D eigenvalue weighted by molar-refractivity contribution is 5.89. The molecule has 196 valence electrons. The van der Waals surface area contributed by atoms with Gasteiger partial charge >= 0.3 is 6.36 Å². The molecule has 7 nitrogen and oxygen atoms in total. The van der Waals surface area contributed by atoms with Gasteiger partial charge in [0.1, 0.15) is 23.0 Å². The Kier molecular flexibility index (Phi) is 7.46. The van der Waals surface area contributed by atoms with Crippen molar-refractivity contribution in [2.45, 2.75) is 58.1 Å². The lowest BCUT2D eigenvalue weighted by molar-refractivity contribution is -0.274. The number of hydrogen-bond acceptors (Lipinski definition) is 6. The molecule has 37 heavy (non-hydrogen) atoms. The van der Waals surface area contributed by atoms with Gasteiger partial charge in [0.2, 0.25) is 0 Å². The Morgan fingerprint density at radius 1 is 1.16 bits per heavy atom. The maximum atomic E-state index is 12.8. The van der Waals surface area contributed by atoms with Gasteiger partial charge in [0.05, 0.1) is 11.2 Å². The van der Waals surface area contributed by atoms with E-state index in [4.69, 9.17) is 0 Å². The molecule has 4 rings (SSSR count). The molecule has 3 heterocycles. The van der Waals surface area contributed by atoms with Crippen molar-refractivity contribution in [2.24, 2.45) is 7.05 Å². The zero-order valence-corrected chi connectivity index (χ0v) is 21.3. The number of aromatic nitrogens is 2. The number of rotatable bonds is 6. The van der Waals surface area contributed by atoms with Crippen LogP contribution in [-0.4, -0.2) is 46.0 Å². The molecule has 0 N–H and O–H groups in total. The predicted octanol–water partition coefficient (Wildman–Crippen LogP) is 5.14. The molecule has 0 radical (unpaired) electrons. The van der Waals surface area contributed by atoms with Gasteiger partial charge in [-0.05, 0) is 49.6 Å². The van der Waals surface area contributed by atoms with E-state index in [0.29, 0.717) is 24.1 Å². The average Bonchev–Trinajstić information content (AvgIpc) is 2.87. The van der Waals surface area contributed by atoms with Gasteiger partial charge in [-0.15, -0.1) is 13.2 Å². The monoisotopic (exact) mass is 513 g/mol. The number of ether oxygens (including phenoxy) is 1. The van der Waals surface area contributed by atoms with Crippen LogP contribution >= 0.6 is 0 Å². The average molecular weight is 514 g/mol. The van der Waals surface area contributed by atoms with Crippen LogP contribution < -0.4 is 15.2 Å². The van der Waals surface area contributed by atoms with Crippen LogP contribution in [0.1, 0.15) is 50.9 Å². The minimum absolute atomic E-state index is 0.00911. The molecule has 1 aromatic carbocycles. The minimum Gasteiger partial charge on any atom is -0.406 e. The van der Waals surface area contributed by atoms with E-state index < -0.39 is 6.36 Å². The van der Waals surface area contributed by atoms with Crippen molar-refractivity contribution in [1.82, 2.24) is 14.5 Å². The van der Waals surface area contributed by atoms with E-state index in [1.807, 2.05) is 0 Å². The number of aryl methyl sites for hydroxylation is 1. The quantitative estimate of drug-likeness (QED) is 0.454. The smallest absolute Gasteiger partial charge is 0.406 e. The molecule has 10 heteroatoms. The molecule has 0 saturated carbocycles. The lowest BCUT2D eigenvalue weighted by Gasteiger charge is -2.49. The van der Waals surface area contributed by atoms with E-state index >= 15 is 0 Å². The Bertz CT molecular complexity index is 1360. The number of anilines is 1. The van der Waals surface area contributed by atoms with Crippen LogP contribution in [0.4, 0.5) is 18.9 Å². The second-order valence-corrected chi connectivity index (χ2v) is 9.40. The number of alkyl halides is 3. The van der Waals surface area contributed by atoms with Crippen LogP contribution in [0.2, 0.25) is 0 Å². The van der Waals surface area contributed by atoms with Gasteiger partial charge in [0.25, 0.3) is 5.56 Å². The van der Waals surface area contributed by atoms with Gasteiger partial charge in [-0.1, -0.05) is 26.0 Å². The van der Waals surface area contributed by atoms with Gasteiger partial charge in [-0.3, -0.25) is 9.69 Å². The second kappa shape index (κ2) is 10.4. The van der Waals surface area contributed by atoms with Crippen molar-refractivity contribution < 1.29 is 17.9 Å². The van der Waals surface area contributed by atoms with Gasteiger partial charge in [-0.25, -0.2) is 4.98 Å². The van der Waals surface area contributed by atoms with E-state index in [9.17, 15) is 23.2 Å². The molecule has 3 aromatic rings. The molecular formula is C27H30F3N5O2. The zero-order valence-electron chi connectivity index (χ0n) is 21.3. The molecular weight excluding hydrogens is 483 g/mol. The number of pyridine rings is 2. The first-order chi connectivity index (χ1) is 17.6.